The Balaban J connectivity index is 1.41. The van der Waals surface area contributed by atoms with Gasteiger partial charge >= 0.3 is 5.56 Å². The van der Waals surface area contributed by atoms with Crippen LogP contribution >= 0.6 is 0 Å². The minimum Gasteiger partial charge on any atom is -0.483 e. The summed E-state index contributed by atoms with van der Waals surface area (Å²) in [7, 11) is -1.000. The molecule has 0 bridgehead atoms. The first kappa shape index (κ1) is 24.7. The molecule has 2 heterocycles. The molecule has 2 aromatic carbocycles. The van der Waals surface area contributed by atoms with Crippen molar-refractivity contribution in [2.24, 2.45) is 0 Å². The van der Waals surface area contributed by atoms with Crippen molar-refractivity contribution >= 4 is 16.7 Å². The van der Waals surface area contributed by atoms with E-state index in [1.54, 1.807) is 6.20 Å². The summed E-state index contributed by atoms with van der Waals surface area (Å²) in [6, 6.07) is 20.0. The minimum absolute atomic E-state index is 0.0250. The van der Waals surface area contributed by atoms with E-state index in [2.05, 4.69) is 34.3 Å². The summed E-state index contributed by atoms with van der Waals surface area (Å²) in [6.45, 7) is 6.64. The lowest BCUT2D eigenvalue weighted by Crippen LogP contribution is -2.48. The maximum absolute atomic E-state index is 13.7. The van der Waals surface area contributed by atoms with E-state index < -0.39 is 11.0 Å². The van der Waals surface area contributed by atoms with E-state index in [4.69, 9.17) is 4.74 Å². The normalized spacial score (nSPS) is 21.6. The van der Waals surface area contributed by atoms with Gasteiger partial charge in [-0.05, 0) is 56.7 Å². The molecule has 1 aliphatic carbocycles. The third-order valence-corrected chi connectivity index (χ3v) is 8.77. The Morgan fingerprint density at radius 1 is 0.944 bits per heavy atom. The van der Waals surface area contributed by atoms with E-state index in [1.165, 1.54) is 10.2 Å². The van der Waals surface area contributed by atoms with Gasteiger partial charge in [-0.2, -0.15) is 9.78 Å². The fraction of sp³-hybridized carbons (Fsp3) is 0.429. The molecule has 0 N–H and O–H groups in total. The van der Waals surface area contributed by atoms with Gasteiger partial charge in [0.1, 0.15) is 5.69 Å². The van der Waals surface area contributed by atoms with E-state index in [9.17, 15) is 9.00 Å². The zero-order valence-electron chi connectivity index (χ0n) is 21.0. The maximum Gasteiger partial charge on any atom is 0.316 e. The Morgan fingerprint density at radius 2 is 1.61 bits per heavy atom. The van der Waals surface area contributed by atoms with E-state index in [-0.39, 0.29) is 16.9 Å². The molecule has 1 aliphatic heterocycles. The molecule has 3 aromatic rings. The zero-order chi connectivity index (χ0) is 25.1. The predicted molar refractivity (Wildman–Crippen MR) is 144 cm³/mol. The highest BCUT2D eigenvalue weighted by Crippen LogP contribution is 2.37. The fourth-order valence-electron chi connectivity index (χ4n) is 5.17. The average Bonchev–Trinajstić information content (AvgIpc) is 3.39. The summed E-state index contributed by atoms with van der Waals surface area (Å²) >= 11 is 0. The number of ether oxygens (including phenoxy) is 1. The van der Waals surface area contributed by atoms with E-state index in [0.717, 1.165) is 24.9 Å². The molecule has 3 atom stereocenters. The largest absolute Gasteiger partial charge is 0.483 e. The van der Waals surface area contributed by atoms with Crippen LogP contribution in [0.5, 0.6) is 5.75 Å². The highest BCUT2D eigenvalue weighted by molar-refractivity contribution is 7.83. The lowest BCUT2D eigenvalue weighted by molar-refractivity contribution is 0.204. The molecule has 1 saturated carbocycles. The number of para-hydroxylation sites is 1. The van der Waals surface area contributed by atoms with Crippen molar-refractivity contribution in [3.63, 3.8) is 0 Å². The molecule has 2 aliphatic rings. The van der Waals surface area contributed by atoms with Gasteiger partial charge in [-0.15, -0.1) is 0 Å². The van der Waals surface area contributed by atoms with E-state index in [0.29, 0.717) is 43.5 Å². The maximum atomic E-state index is 13.7. The Bertz CT molecular complexity index is 1240. The van der Waals surface area contributed by atoms with Crippen LogP contribution in [0.4, 0.5) is 5.69 Å². The first-order valence-electron chi connectivity index (χ1n) is 12.8. The Labute approximate surface area is 215 Å². The summed E-state index contributed by atoms with van der Waals surface area (Å²) in [5, 5.41) is 4.60. The summed E-state index contributed by atoms with van der Waals surface area (Å²) in [5.74, 6) is 0.804. The van der Waals surface area contributed by atoms with Crippen molar-refractivity contribution < 1.29 is 8.95 Å². The number of aromatic nitrogens is 2. The van der Waals surface area contributed by atoms with Crippen LogP contribution in [0.3, 0.4) is 0 Å². The zero-order valence-corrected chi connectivity index (χ0v) is 21.8. The summed E-state index contributed by atoms with van der Waals surface area (Å²) < 4.78 is 22.5. The van der Waals surface area contributed by atoms with Gasteiger partial charge < -0.3 is 9.64 Å². The molecule has 1 aromatic heterocycles. The summed E-state index contributed by atoms with van der Waals surface area (Å²) in [4.78, 5) is 15.9. The van der Waals surface area contributed by atoms with Crippen LogP contribution in [-0.4, -0.2) is 55.8 Å². The van der Waals surface area contributed by atoms with Crippen LogP contribution in [0.1, 0.15) is 44.6 Å². The lowest BCUT2D eigenvalue weighted by Gasteiger charge is -2.36. The smallest absolute Gasteiger partial charge is 0.316 e. The first-order valence-corrected chi connectivity index (χ1v) is 14.0. The van der Waals surface area contributed by atoms with Crippen LogP contribution in [0.15, 0.2) is 71.7 Å². The van der Waals surface area contributed by atoms with Gasteiger partial charge in [0.25, 0.3) is 0 Å². The molecule has 0 spiro atoms. The molecular formula is C28H34N4O3S. The second kappa shape index (κ2) is 11.0. The van der Waals surface area contributed by atoms with Crippen molar-refractivity contribution in [1.82, 2.24) is 14.1 Å². The number of piperazine rings is 1. The van der Waals surface area contributed by atoms with Crippen LogP contribution in [-0.2, 0) is 11.0 Å². The van der Waals surface area contributed by atoms with Crippen molar-refractivity contribution in [3.8, 4) is 11.4 Å². The van der Waals surface area contributed by atoms with Gasteiger partial charge in [0, 0.05) is 31.4 Å². The quantitative estimate of drug-likeness (QED) is 0.482. The standard InChI is InChI=1S/C28H34N4O3S/c1-21(2)36(34)31-17-15-30(16-18-31)26-20-29-32(24-11-7-4-8-12-24)28(33)27(26)35-25-14-13-23(19-25)22-9-5-3-6-10-22/h3-12,20-21,23,25H,13-19H2,1-2H3. The molecule has 1 saturated heterocycles. The molecule has 0 amide bonds. The van der Waals surface area contributed by atoms with Gasteiger partial charge in [-0.1, -0.05) is 48.5 Å². The van der Waals surface area contributed by atoms with Crippen molar-refractivity contribution in [2.75, 3.05) is 31.1 Å². The molecular weight excluding hydrogens is 472 g/mol. The van der Waals surface area contributed by atoms with E-state index in [1.807, 2.05) is 54.6 Å². The Morgan fingerprint density at radius 3 is 2.28 bits per heavy atom. The number of hydrogen-bond acceptors (Lipinski definition) is 5. The van der Waals surface area contributed by atoms with Crippen LogP contribution in [0.2, 0.25) is 0 Å². The number of nitrogens with zero attached hydrogens (tertiary/aromatic N) is 4. The second-order valence-corrected chi connectivity index (χ2v) is 11.8. The van der Waals surface area contributed by atoms with Gasteiger partial charge in [0.15, 0.2) is 0 Å². The molecule has 8 heteroatoms. The van der Waals surface area contributed by atoms with Crippen LogP contribution in [0.25, 0.3) is 5.69 Å². The highest BCUT2D eigenvalue weighted by atomic mass is 32.2. The Hall–Kier alpha value is -2.97. The third-order valence-electron chi connectivity index (χ3n) is 7.09. The van der Waals surface area contributed by atoms with Gasteiger partial charge in [-0.25, -0.2) is 8.51 Å². The summed E-state index contributed by atoms with van der Waals surface area (Å²) in [6.07, 6.45) is 4.57. The predicted octanol–water partition coefficient (Wildman–Crippen LogP) is 4.14. The molecule has 3 unspecified atom stereocenters. The number of anilines is 1. The number of benzene rings is 2. The SMILES string of the molecule is CC(C)S(=O)N1CCN(c2cnn(-c3ccccc3)c(=O)c2OC2CCC(c3ccccc3)C2)CC1. The average molecular weight is 507 g/mol. The topological polar surface area (TPSA) is 67.7 Å². The van der Waals surface area contributed by atoms with Crippen molar-refractivity contribution in [2.45, 2.75) is 50.4 Å². The second-order valence-electron chi connectivity index (χ2n) is 9.81. The van der Waals surface area contributed by atoms with Crippen molar-refractivity contribution in [1.29, 1.82) is 0 Å². The van der Waals surface area contributed by atoms with Crippen molar-refractivity contribution in [3.05, 3.63) is 82.8 Å². The molecule has 0 radical (unpaired) electrons. The molecule has 36 heavy (non-hydrogen) atoms. The molecule has 7 nitrogen and oxygen atoms in total. The molecule has 5 rings (SSSR count). The monoisotopic (exact) mass is 506 g/mol. The van der Waals surface area contributed by atoms with Gasteiger partial charge in [-0.3, -0.25) is 4.79 Å². The molecule has 2 fully saturated rings. The lowest BCUT2D eigenvalue weighted by atomic mass is 9.98. The minimum atomic E-state index is -1.000. The van der Waals surface area contributed by atoms with Crippen LogP contribution in [0, 0.1) is 0 Å². The highest BCUT2D eigenvalue weighted by Gasteiger charge is 2.31. The summed E-state index contributed by atoms with van der Waals surface area (Å²) in [5.41, 5.74) is 2.53. The van der Waals surface area contributed by atoms with Gasteiger partial charge in [0.05, 0.1) is 29.0 Å². The Kier molecular flexibility index (Phi) is 7.53. The molecule has 190 valence electrons. The van der Waals surface area contributed by atoms with Gasteiger partial charge in [0.2, 0.25) is 5.75 Å². The first-order chi connectivity index (χ1) is 17.5. The number of hydrogen-bond donors (Lipinski definition) is 0. The number of rotatable bonds is 7. The third kappa shape index (κ3) is 5.25. The van der Waals surface area contributed by atoms with E-state index >= 15 is 0 Å². The fourth-order valence-corrected chi connectivity index (χ4v) is 6.29. The van der Waals surface area contributed by atoms with Crippen LogP contribution < -0.4 is 15.2 Å².